The first-order valence-electron chi connectivity index (χ1n) is 7.89. The number of nitrogens with zero attached hydrogens (tertiary/aromatic N) is 1. The van der Waals surface area contributed by atoms with Crippen LogP contribution in [0.4, 0.5) is 0 Å². The molecule has 0 aliphatic carbocycles. The van der Waals surface area contributed by atoms with Crippen molar-refractivity contribution in [2.45, 2.75) is 25.9 Å². The summed E-state index contributed by atoms with van der Waals surface area (Å²) in [5.74, 6) is 5.77. The van der Waals surface area contributed by atoms with Gasteiger partial charge in [-0.1, -0.05) is 31.0 Å². The number of nitrogens with one attached hydrogen (secondary N) is 1. The first kappa shape index (κ1) is 16.5. The van der Waals surface area contributed by atoms with Gasteiger partial charge in [-0.15, -0.1) is 0 Å². The molecule has 4 nitrogen and oxygen atoms in total. The number of β-amino-alcohol motifs (C(OH)–C–C–N with tert-alkyl or cyclic N) is 1. The van der Waals surface area contributed by atoms with Crippen molar-refractivity contribution in [3.63, 3.8) is 0 Å². The fourth-order valence-electron chi connectivity index (χ4n) is 2.51. The van der Waals surface area contributed by atoms with Crippen molar-refractivity contribution in [2.24, 2.45) is 5.92 Å². The Morgan fingerprint density at radius 1 is 1.36 bits per heavy atom. The van der Waals surface area contributed by atoms with Gasteiger partial charge in [0.25, 0.3) is 5.91 Å². The van der Waals surface area contributed by atoms with E-state index >= 15 is 0 Å². The number of aliphatic hydroxyl groups is 1. The molecule has 2 rings (SSSR count). The summed E-state index contributed by atoms with van der Waals surface area (Å²) in [6, 6.07) is 9.37. The zero-order valence-corrected chi connectivity index (χ0v) is 13.1. The molecular formula is C18H24N2O2. The first-order valence-corrected chi connectivity index (χ1v) is 7.89. The Hall–Kier alpha value is -1.83. The third-order valence-corrected chi connectivity index (χ3v) is 3.94. The van der Waals surface area contributed by atoms with Crippen molar-refractivity contribution < 1.29 is 9.90 Å². The van der Waals surface area contributed by atoms with E-state index in [-0.39, 0.29) is 12.5 Å². The predicted octanol–water partition coefficient (Wildman–Crippen LogP) is 1.25. The second kappa shape index (κ2) is 8.57. The van der Waals surface area contributed by atoms with Crippen molar-refractivity contribution in [3.8, 4) is 11.8 Å². The second-order valence-electron chi connectivity index (χ2n) is 5.96. The van der Waals surface area contributed by atoms with Gasteiger partial charge in [0.1, 0.15) is 0 Å². The summed E-state index contributed by atoms with van der Waals surface area (Å²) in [7, 11) is 0. The number of amides is 1. The number of benzene rings is 1. The van der Waals surface area contributed by atoms with Crippen LogP contribution in [-0.4, -0.2) is 48.2 Å². The summed E-state index contributed by atoms with van der Waals surface area (Å²) < 4.78 is 0. The summed E-state index contributed by atoms with van der Waals surface area (Å²) in [4.78, 5) is 13.9. The highest BCUT2D eigenvalue weighted by Crippen LogP contribution is 2.15. The Labute approximate surface area is 132 Å². The highest BCUT2D eigenvalue weighted by atomic mass is 16.3. The van der Waals surface area contributed by atoms with Crippen LogP contribution in [0.2, 0.25) is 0 Å². The van der Waals surface area contributed by atoms with E-state index in [9.17, 15) is 9.90 Å². The Balaban J connectivity index is 1.69. The Kier molecular flexibility index (Phi) is 6.45. The zero-order valence-electron chi connectivity index (χ0n) is 13.1. The lowest BCUT2D eigenvalue weighted by Gasteiger charge is -2.31. The lowest BCUT2D eigenvalue weighted by molar-refractivity contribution is -0.116. The van der Waals surface area contributed by atoms with Crippen LogP contribution in [0.5, 0.6) is 0 Å². The van der Waals surface area contributed by atoms with Crippen LogP contribution in [-0.2, 0) is 4.79 Å². The number of aliphatic hydroxyl groups excluding tert-OH is 1. The molecule has 1 heterocycles. The van der Waals surface area contributed by atoms with Crippen LogP contribution in [0.3, 0.4) is 0 Å². The average Bonchev–Trinajstić information content (AvgIpc) is 2.54. The molecule has 2 N–H and O–H groups in total. The fraction of sp³-hybridized carbons (Fsp3) is 0.500. The number of piperidine rings is 1. The van der Waals surface area contributed by atoms with Gasteiger partial charge in [-0.3, -0.25) is 4.79 Å². The second-order valence-corrected chi connectivity index (χ2v) is 5.96. The van der Waals surface area contributed by atoms with E-state index in [0.29, 0.717) is 6.54 Å². The molecule has 0 aromatic heterocycles. The molecule has 22 heavy (non-hydrogen) atoms. The quantitative estimate of drug-likeness (QED) is 0.823. The molecule has 1 fully saturated rings. The van der Waals surface area contributed by atoms with Crippen LogP contribution in [0.1, 0.15) is 25.3 Å². The molecule has 1 aromatic carbocycles. The molecule has 0 spiro atoms. The van der Waals surface area contributed by atoms with Gasteiger partial charge in [0.05, 0.1) is 6.10 Å². The maximum absolute atomic E-state index is 11.6. The van der Waals surface area contributed by atoms with Crippen LogP contribution in [0.15, 0.2) is 30.3 Å². The number of rotatable bonds is 4. The normalized spacial score (nSPS) is 17.4. The van der Waals surface area contributed by atoms with E-state index in [1.54, 1.807) is 0 Å². The van der Waals surface area contributed by atoms with E-state index in [1.165, 1.54) is 12.8 Å². The SMILES string of the molecule is CC1CCN(CC(O)CNC(=O)C#Cc2ccccc2)CC1. The highest BCUT2D eigenvalue weighted by Gasteiger charge is 2.18. The third-order valence-electron chi connectivity index (χ3n) is 3.94. The predicted molar refractivity (Wildman–Crippen MR) is 87.2 cm³/mol. The van der Waals surface area contributed by atoms with Crippen LogP contribution >= 0.6 is 0 Å². The monoisotopic (exact) mass is 300 g/mol. The molecule has 0 bridgehead atoms. The number of hydrogen-bond acceptors (Lipinski definition) is 3. The number of carbonyl (C=O) groups excluding carboxylic acids is 1. The summed E-state index contributed by atoms with van der Waals surface area (Å²) in [5, 5.41) is 12.7. The van der Waals surface area contributed by atoms with Gasteiger partial charge in [-0.25, -0.2) is 0 Å². The highest BCUT2D eigenvalue weighted by molar-refractivity contribution is 5.94. The molecule has 4 heteroatoms. The fourth-order valence-corrected chi connectivity index (χ4v) is 2.51. The van der Waals surface area contributed by atoms with Crippen molar-refractivity contribution in [1.82, 2.24) is 10.2 Å². The van der Waals surface area contributed by atoms with Gasteiger partial charge >= 0.3 is 0 Å². The molecule has 0 radical (unpaired) electrons. The minimum absolute atomic E-state index is 0.244. The van der Waals surface area contributed by atoms with E-state index < -0.39 is 6.10 Å². The topological polar surface area (TPSA) is 52.6 Å². The summed E-state index contributed by atoms with van der Waals surface area (Å²) in [6.45, 7) is 5.17. The maximum atomic E-state index is 11.6. The number of carbonyl (C=O) groups is 1. The summed E-state index contributed by atoms with van der Waals surface area (Å²) in [6.07, 6.45) is 1.82. The molecule has 1 amide bonds. The average molecular weight is 300 g/mol. The molecule has 1 unspecified atom stereocenters. The van der Waals surface area contributed by atoms with E-state index in [2.05, 4.69) is 29.0 Å². The van der Waals surface area contributed by atoms with Crippen molar-refractivity contribution in [2.75, 3.05) is 26.2 Å². The maximum Gasteiger partial charge on any atom is 0.296 e. The minimum Gasteiger partial charge on any atom is -0.390 e. The summed E-state index contributed by atoms with van der Waals surface area (Å²) in [5.41, 5.74) is 0.806. The van der Waals surface area contributed by atoms with E-state index in [1.807, 2.05) is 30.3 Å². The van der Waals surface area contributed by atoms with Gasteiger partial charge in [-0.2, -0.15) is 0 Å². The number of hydrogen-bond donors (Lipinski definition) is 2. The standard InChI is InChI=1S/C18H24N2O2/c1-15-9-11-20(12-10-15)14-17(21)13-19-18(22)8-7-16-5-3-2-4-6-16/h2-6,15,17,21H,9-14H2,1H3,(H,19,22). The Morgan fingerprint density at radius 2 is 2.05 bits per heavy atom. The summed E-state index contributed by atoms with van der Waals surface area (Å²) >= 11 is 0. The lowest BCUT2D eigenvalue weighted by Crippen LogP contribution is -2.42. The van der Waals surface area contributed by atoms with Gasteiger partial charge in [0.15, 0.2) is 0 Å². The molecular weight excluding hydrogens is 276 g/mol. The molecule has 1 aliphatic heterocycles. The Bertz CT molecular complexity index is 525. The number of likely N-dealkylation sites (tertiary alicyclic amines) is 1. The molecule has 118 valence electrons. The van der Waals surface area contributed by atoms with E-state index in [0.717, 1.165) is 24.6 Å². The zero-order chi connectivity index (χ0) is 15.8. The molecule has 0 saturated carbocycles. The van der Waals surface area contributed by atoms with Crippen LogP contribution < -0.4 is 5.32 Å². The van der Waals surface area contributed by atoms with Crippen molar-refractivity contribution in [3.05, 3.63) is 35.9 Å². The smallest absolute Gasteiger partial charge is 0.296 e. The molecule has 1 saturated heterocycles. The molecule has 1 aromatic rings. The van der Waals surface area contributed by atoms with Gasteiger partial charge in [0, 0.05) is 24.6 Å². The third kappa shape index (κ3) is 5.88. The van der Waals surface area contributed by atoms with Crippen molar-refractivity contribution >= 4 is 5.91 Å². The van der Waals surface area contributed by atoms with Gasteiger partial charge < -0.3 is 15.3 Å². The minimum atomic E-state index is -0.545. The van der Waals surface area contributed by atoms with Gasteiger partial charge in [-0.05, 0) is 44.0 Å². The Morgan fingerprint density at radius 3 is 2.73 bits per heavy atom. The van der Waals surface area contributed by atoms with Crippen LogP contribution in [0.25, 0.3) is 0 Å². The first-order chi connectivity index (χ1) is 10.6. The van der Waals surface area contributed by atoms with Gasteiger partial charge in [0.2, 0.25) is 0 Å². The van der Waals surface area contributed by atoms with Crippen LogP contribution in [0, 0.1) is 17.8 Å². The molecule has 1 aliphatic rings. The lowest BCUT2D eigenvalue weighted by atomic mass is 9.99. The largest absolute Gasteiger partial charge is 0.390 e. The van der Waals surface area contributed by atoms with E-state index in [4.69, 9.17) is 0 Å². The molecule has 1 atom stereocenters. The van der Waals surface area contributed by atoms with Crippen molar-refractivity contribution in [1.29, 1.82) is 0 Å².